The fourth-order valence-electron chi connectivity index (χ4n) is 17.6. The number of aryl methyl sites for hydroxylation is 2. The van der Waals surface area contributed by atoms with E-state index in [0.717, 1.165) is 53.5 Å². The summed E-state index contributed by atoms with van der Waals surface area (Å²) in [6, 6.07) is 57.4. The number of methoxy groups -OCH3 is 4. The molecule has 0 spiro atoms. The Kier molecular flexibility index (Phi) is 37.1. The predicted molar refractivity (Wildman–Crippen MR) is 531 cm³/mol. The number of aromatic amines is 1. The Bertz CT molecular complexity index is 6740. The Balaban J connectivity index is 0.000000160. The molecule has 8 amide bonds. The molecule has 4 fully saturated rings. The molecule has 39 heteroatoms. The van der Waals surface area contributed by atoms with Gasteiger partial charge in [0.2, 0.25) is 5.56 Å². The number of ether oxygens (including phenoxy) is 4. The molecule has 4 aliphatic rings. The van der Waals surface area contributed by atoms with Crippen molar-refractivity contribution < 1.29 is 90.1 Å². The zero-order valence-electron chi connectivity index (χ0n) is 79.7. The number of benzene rings is 8. The Morgan fingerprint density at radius 3 is 1.05 bits per heavy atom. The lowest BCUT2D eigenvalue weighted by molar-refractivity contribution is 0.159. The van der Waals surface area contributed by atoms with Gasteiger partial charge in [-0.1, -0.05) is 109 Å². The summed E-state index contributed by atoms with van der Waals surface area (Å²) in [4.78, 5) is 88.9. The fourth-order valence-corrected chi connectivity index (χ4v) is 18.9. The van der Waals surface area contributed by atoms with E-state index in [9.17, 15) is 75.9 Å². The molecule has 8 heterocycles. The largest absolute Gasteiger partial charge is 0.383 e. The van der Waals surface area contributed by atoms with E-state index in [1.54, 1.807) is 146 Å². The molecular formula is C104H112F8N16O13S2. The van der Waals surface area contributed by atoms with Crippen molar-refractivity contribution in [2.45, 2.75) is 71.5 Å². The van der Waals surface area contributed by atoms with Crippen LogP contribution in [0.3, 0.4) is 0 Å². The zero-order valence-corrected chi connectivity index (χ0v) is 81.4. The van der Waals surface area contributed by atoms with Crippen molar-refractivity contribution in [2.24, 2.45) is 0 Å². The first-order valence-corrected chi connectivity index (χ1v) is 49.7. The number of aromatic nitrogens is 4. The Labute approximate surface area is 823 Å². The number of sulfone groups is 2. The Morgan fingerprint density at radius 1 is 0.350 bits per heavy atom. The van der Waals surface area contributed by atoms with Crippen LogP contribution in [0.2, 0.25) is 0 Å². The van der Waals surface area contributed by atoms with Crippen molar-refractivity contribution in [1.82, 2.24) is 60.8 Å². The van der Waals surface area contributed by atoms with E-state index in [1.807, 2.05) is 60.7 Å². The van der Waals surface area contributed by atoms with Crippen molar-refractivity contribution in [3.8, 4) is 45.0 Å². The summed E-state index contributed by atoms with van der Waals surface area (Å²) >= 11 is 0. The van der Waals surface area contributed by atoms with Crippen molar-refractivity contribution in [3.05, 3.63) is 327 Å². The van der Waals surface area contributed by atoms with Crippen LogP contribution in [-0.4, -0.2) is 251 Å². The minimum Gasteiger partial charge on any atom is -0.383 e. The lowest BCUT2D eigenvalue weighted by Gasteiger charge is -2.21. The predicted octanol–water partition coefficient (Wildman–Crippen LogP) is 15.8. The van der Waals surface area contributed by atoms with Gasteiger partial charge in [0.15, 0.2) is 66.2 Å². The second kappa shape index (κ2) is 49.8. The molecule has 8 aromatic carbocycles. The number of rotatable bonds is 30. The van der Waals surface area contributed by atoms with E-state index >= 15 is 0 Å². The highest BCUT2D eigenvalue weighted by atomic mass is 32.2. The molecule has 29 nitrogen and oxygen atoms in total. The van der Waals surface area contributed by atoms with Gasteiger partial charge in [0.1, 0.15) is 0 Å². The maximum absolute atomic E-state index is 13.9. The number of amides is 8. The van der Waals surface area contributed by atoms with Crippen LogP contribution >= 0.6 is 0 Å². The first-order chi connectivity index (χ1) is 68.6. The second-order valence-electron chi connectivity index (χ2n) is 34.9. The number of carbonyl (C=O) groups excluding carboxylic acids is 4. The maximum Gasteiger partial charge on any atom is 0.319 e. The quantitative estimate of drug-likeness (QED) is 0.0189. The number of hydrogen-bond donors (Lipinski definition) is 9. The van der Waals surface area contributed by atoms with Gasteiger partial charge in [-0.2, -0.15) is 0 Å². The van der Waals surface area contributed by atoms with Crippen LogP contribution in [0.1, 0.15) is 57.3 Å². The average molecular weight is 2010 g/mol. The molecule has 0 bridgehead atoms. The molecule has 754 valence electrons. The van der Waals surface area contributed by atoms with Crippen LogP contribution in [0, 0.1) is 60.4 Å². The summed E-state index contributed by atoms with van der Waals surface area (Å²) in [5.41, 5.74) is 10.7. The van der Waals surface area contributed by atoms with E-state index in [4.69, 9.17) is 18.9 Å². The summed E-state index contributed by atoms with van der Waals surface area (Å²) in [7, 11) is -0.196. The number of pyridine rings is 4. The van der Waals surface area contributed by atoms with E-state index in [-0.39, 0.29) is 69.2 Å². The number of likely N-dealkylation sites (tertiary alicyclic amines) is 4. The van der Waals surface area contributed by atoms with Gasteiger partial charge < -0.3 is 66.5 Å². The van der Waals surface area contributed by atoms with Gasteiger partial charge in [-0.25, -0.2) is 71.1 Å². The molecule has 12 aromatic rings. The highest BCUT2D eigenvalue weighted by Gasteiger charge is 2.40. The molecule has 0 unspecified atom stereocenters. The second-order valence-corrected chi connectivity index (χ2v) is 39.0. The standard InChI is InChI=1S/2C27H30F2N4O4S.C25H26F2N4O3.C25H26F2N4O2/c1-17-24(10-11-25(30-17)18-4-7-20(8-5-18)38(3,35)36)31-27(34)32-26-16-33(12-13-37-2)15-21(26)19-6-9-22(28)23(29)14-19;1-17-24(9-10-25(30-17)19-5-4-6-20(13-19)38(3,35)36)31-27(34)32-26-16-33(11-12-37-2)15-21(26)18-7-8-22(28)23(29)14-18;1-34-12-11-31-14-18(17-7-8-19(26)20(27)13-17)22(15-31)29-25(33)28-21-9-10-23(32)30-24(21)16-5-3-2-4-6-16;1-33-13-12-31-15-19(18-9-10-20(26)21(27)14-18)23(16-31)30-25(32)29-22-8-5-11-28-24(22)17-6-3-2-4-7-17/h4-11,14,21,26H,12-13,15-16H2,1-3H3,(H2,31,32,34);4-10,13-14,21,26H,11-12,15-16H2,1-3H3,(H2,31,32,34);2-10,13,18,22H,11-12,14-15H2,1H3,(H,30,32)(H2,28,29,33);2-11,14,19,23H,12-13,15-16H2,1H3,(H2,29,30,32)/t2*21-,26+;18-,22+;19-,23+/m0000/s1. The van der Waals surface area contributed by atoms with E-state index in [2.05, 4.69) is 82.1 Å². The molecule has 4 saturated heterocycles. The molecule has 8 atom stereocenters. The Morgan fingerprint density at radius 2 is 0.692 bits per heavy atom. The van der Waals surface area contributed by atoms with Gasteiger partial charge in [0, 0.05) is 178 Å². The number of carbonyl (C=O) groups is 4. The number of halogens is 8. The van der Waals surface area contributed by atoms with Gasteiger partial charge >= 0.3 is 24.1 Å². The van der Waals surface area contributed by atoms with Crippen molar-refractivity contribution in [3.63, 3.8) is 0 Å². The Hall–Kier alpha value is -13.7. The fraction of sp³-hybridized carbons (Fsp3) is 0.308. The maximum atomic E-state index is 13.9. The average Bonchev–Trinajstić information content (AvgIpc) is 1.74. The number of hydrogen-bond acceptors (Lipinski definition) is 20. The van der Waals surface area contributed by atoms with Gasteiger partial charge in [-0.15, -0.1) is 0 Å². The zero-order chi connectivity index (χ0) is 102. The molecular weight excluding hydrogens is 1900 g/mol. The van der Waals surface area contributed by atoms with Gasteiger partial charge in [0.25, 0.3) is 0 Å². The summed E-state index contributed by atoms with van der Waals surface area (Å²) in [5.74, 6) is -8.19. The van der Waals surface area contributed by atoms with Crippen molar-refractivity contribution >= 4 is 66.5 Å². The topological polar surface area (TPSA) is 354 Å². The molecule has 0 radical (unpaired) electrons. The summed E-state index contributed by atoms with van der Waals surface area (Å²) in [6.45, 7) is 12.6. The minimum absolute atomic E-state index is 0.190. The van der Waals surface area contributed by atoms with Crippen LogP contribution in [0.4, 0.5) is 77.1 Å². The van der Waals surface area contributed by atoms with E-state index < -0.39 is 84.3 Å². The molecule has 143 heavy (non-hydrogen) atoms. The summed E-state index contributed by atoms with van der Waals surface area (Å²) in [6.07, 6.45) is 3.97. The smallest absolute Gasteiger partial charge is 0.319 e. The lowest BCUT2D eigenvalue weighted by atomic mass is 9.94. The highest BCUT2D eigenvalue weighted by Crippen LogP contribution is 2.37. The van der Waals surface area contributed by atoms with Crippen LogP contribution < -0.4 is 48.1 Å². The van der Waals surface area contributed by atoms with Crippen LogP contribution in [-0.2, 0) is 38.6 Å². The highest BCUT2D eigenvalue weighted by molar-refractivity contribution is 7.91. The molecule has 0 saturated carbocycles. The van der Waals surface area contributed by atoms with Gasteiger partial charge in [-0.3, -0.25) is 39.3 Å². The number of anilines is 4. The molecule has 16 rings (SSSR count). The molecule has 0 aliphatic carbocycles. The molecule has 9 N–H and O–H groups in total. The first-order valence-electron chi connectivity index (χ1n) is 45.9. The first kappa shape index (κ1) is 107. The van der Waals surface area contributed by atoms with Crippen LogP contribution in [0.25, 0.3) is 45.0 Å². The van der Waals surface area contributed by atoms with Crippen molar-refractivity contribution in [1.29, 1.82) is 0 Å². The molecule has 4 aliphatic heterocycles. The third-order valence-electron chi connectivity index (χ3n) is 24.9. The summed E-state index contributed by atoms with van der Waals surface area (Å²) < 4.78 is 178. The monoisotopic (exact) mass is 2010 g/mol. The van der Waals surface area contributed by atoms with Crippen LogP contribution in [0.5, 0.6) is 0 Å². The van der Waals surface area contributed by atoms with Crippen molar-refractivity contribution in [2.75, 3.05) is 167 Å². The molecule has 4 aromatic heterocycles. The lowest BCUT2D eigenvalue weighted by Crippen LogP contribution is -2.42. The number of nitrogens with one attached hydrogen (secondary N) is 9. The van der Waals surface area contributed by atoms with Gasteiger partial charge in [-0.05, 0) is 151 Å². The van der Waals surface area contributed by atoms with Crippen LogP contribution in [0.15, 0.2) is 251 Å². The number of urea groups is 4. The minimum atomic E-state index is -3.36. The number of H-pyrrole nitrogens is 1. The SMILES string of the molecule is COCCN1C[C@@H](NC(=O)Nc2ccc(-c3ccc(S(C)(=O)=O)cc3)nc2C)[C@H](c2ccc(F)c(F)c2)C1.COCCN1C[C@@H](NC(=O)Nc2ccc(-c3cccc(S(C)(=O)=O)c3)nc2C)[C@H](c2ccc(F)c(F)c2)C1.COCCN1C[C@@H](NC(=O)Nc2ccc(=O)[nH]c2-c2ccccc2)[C@H](c2ccc(F)c(F)c2)C1.COCCN1C[C@@H](NC(=O)Nc2cccnc2-c2ccccc2)[C@H](c2ccc(F)c(F)c2)C1. The summed E-state index contributed by atoms with van der Waals surface area (Å²) in [5, 5.41) is 23.3. The number of nitrogens with zero attached hydrogens (tertiary/aromatic N) is 7. The van der Waals surface area contributed by atoms with E-state index in [0.29, 0.717) is 190 Å². The normalized spacial score (nSPS) is 18.0. The van der Waals surface area contributed by atoms with Gasteiger partial charge in [0.05, 0.1) is 117 Å². The third kappa shape index (κ3) is 29.3. The van der Waals surface area contributed by atoms with E-state index in [1.165, 1.54) is 48.5 Å². The third-order valence-corrected chi connectivity index (χ3v) is 27.2.